The van der Waals surface area contributed by atoms with Crippen LogP contribution in [0.2, 0.25) is 0 Å². The zero-order valence-corrected chi connectivity index (χ0v) is 15.9. The van der Waals surface area contributed by atoms with Gasteiger partial charge >= 0.3 is 0 Å². The van der Waals surface area contributed by atoms with Gasteiger partial charge in [-0.15, -0.1) is 0 Å². The molecule has 5 nitrogen and oxygen atoms in total. The van der Waals surface area contributed by atoms with Crippen molar-refractivity contribution in [2.75, 3.05) is 19.3 Å². The second-order valence-electron chi connectivity index (χ2n) is 6.67. The highest BCUT2D eigenvalue weighted by Crippen LogP contribution is 2.36. The molecule has 0 amide bonds. The standard InChI is InChI=1S/C19H26N4OS/c1-14-5-7-15(8-6-14)16-11-21-17(24-16)12-22-18(20-3)23-13-19(2)9-4-10-25-19/h5-8,11H,4,9-10,12-13H2,1-3H3,(H2,20,22,23). The number of hydrogen-bond donors (Lipinski definition) is 2. The van der Waals surface area contributed by atoms with Gasteiger partial charge in [-0.3, -0.25) is 4.99 Å². The lowest BCUT2D eigenvalue weighted by atomic mass is 10.1. The van der Waals surface area contributed by atoms with Gasteiger partial charge in [0.1, 0.15) is 0 Å². The summed E-state index contributed by atoms with van der Waals surface area (Å²) < 4.78 is 6.15. The van der Waals surface area contributed by atoms with E-state index in [-0.39, 0.29) is 0 Å². The molecule has 1 aromatic heterocycles. The molecule has 3 rings (SSSR count). The Morgan fingerprint density at radius 3 is 2.80 bits per heavy atom. The van der Waals surface area contributed by atoms with Gasteiger partial charge in [0.2, 0.25) is 5.89 Å². The first kappa shape index (κ1) is 17.9. The Labute approximate surface area is 153 Å². The third-order valence-corrected chi connectivity index (χ3v) is 5.99. The van der Waals surface area contributed by atoms with Crippen LogP contribution in [0, 0.1) is 6.92 Å². The van der Waals surface area contributed by atoms with E-state index in [1.54, 1.807) is 13.2 Å². The quantitative estimate of drug-likeness (QED) is 0.632. The Hall–Kier alpha value is -1.95. The molecule has 0 spiro atoms. The van der Waals surface area contributed by atoms with Crippen molar-refractivity contribution < 1.29 is 4.42 Å². The highest BCUT2D eigenvalue weighted by Gasteiger charge is 2.29. The van der Waals surface area contributed by atoms with Crippen LogP contribution in [0.25, 0.3) is 11.3 Å². The van der Waals surface area contributed by atoms with E-state index < -0.39 is 0 Å². The molecule has 0 aliphatic carbocycles. The maximum Gasteiger partial charge on any atom is 0.214 e. The lowest BCUT2D eigenvalue weighted by Crippen LogP contribution is -2.43. The van der Waals surface area contributed by atoms with Crippen molar-refractivity contribution in [3.8, 4) is 11.3 Å². The zero-order valence-electron chi connectivity index (χ0n) is 15.1. The summed E-state index contributed by atoms with van der Waals surface area (Å²) >= 11 is 2.04. The van der Waals surface area contributed by atoms with E-state index in [9.17, 15) is 0 Å². The molecule has 0 saturated carbocycles. The van der Waals surface area contributed by atoms with Gasteiger partial charge < -0.3 is 15.1 Å². The number of aromatic nitrogens is 1. The van der Waals surface area contributed by atoms with Crippen molar-refractivity contribution >= 4 is 17.7 Å². The van der Waals surface area contributed by atoms with Gasteiger partial charge in [0, 0.05) is 23.9 Å². The van der Waals surface area contributed by atoms with E-state index in [0.29, 0.717) is 17.2 Å². The fourth-order valence-electron chi connectivity index (χ4n) is 2.87. The number of hydrogen-bond acceptors (Lipinski definition) is 4. The largest absolute Gasteiger partial charge is 0.439 e. The Morgan fingerprint density at radius 2 is 2.12 bits per heavy atom. The lowest BCUT2D eigenvalue weighted by Gasteiger charge is -2.24. The van der Waals surface area contributed by atoms with Gasteiger partial charge in [0.15, 0.2) is 11.7 Å². The van der Waals surface area contributed by atoms with Gasteiger partial charge in [-0.05, 0) is 32.4 Å². The fourth-order valence-corrected chi connectivity index (χ4v) is 4.11. The van der Waals surface area contributed by atoms with Gasteiger partial charge in [-0.25, -0.2) is 4.98 Å². The summed E-state index contributed by atoms with van der Waals surface area (Å²) in [4.78, 5) is 8.64. The third-order valence-electron chi connectivity index (χ3n) is 4.45. The molecule has 1 aliphatic heterocycles. The second-order valence-corrected chi connectivity index (χ2v) is 8.35. The Bertz CT molecular complexity index is 717. The number of aliphatic imine (C=N–C) groups is 1. The minimum atomic E-state index is 0.305. The third kappa shape index (κ3) is 4.78. The first-order valence-corrected chi connectivity index (χ1v) is 9.67. The van der Waals surface area contributed by atoms with E-state index in [1.807, 2.05) is 23.9 Å². The molecule has 0 radical (unpaired) electrons. The Morgan fingerprint density at radius 1 is 1.32 bits per heavy atom. The SMILES string of the molecule is CN=C(NCc1ncc(-c2ccc(C)cc2)o1)NCC1(C)CCCS1. The second kappa shape index (κ2) is 7.95. The molecule has 1 unspecified atom stereocenters. The summed E-state index contributed by atoms with van der Waals surface area (Å²) in [6, 6.07) is 8.24. The van der Waals surface area contributed by atoms with E-state index in [2.05, 4.69) is 46.6 Å². The number of benzene rings is 1. The van der Waals surface area contributed by atoms with Crippen LogP contribution in [0.5, 0.6) is 0 Å². The van der Waals surface area contributed by atoms with Crippen molar-refractivity contribution in [3.63, 3.8) is 0 Å². The van der Waals surface area contributed by atoms with Crippen LogP contribution in [0.15, 0.2) is 39.9 Å². The summed E-state index contributed by atoms with van der Waals surface area (Å²) in [6.07, 6.45) is 4.32. The first-order chi connectivity index (χ1) is 12.1. The average Bonchev–Trinajstić information content (AvgIpc) is 3.25. The molecule has 2 N–H and O–H groups in total. The first-order valence-electron chi connectivity index (χ1n) is 8.68. The van der Waals surface area contributed by atoms with Crippen LogP contribution >= 0.6 is 11.8 Å². The maximum atomic E-state index is 5.84. The molecule has 1 saturated heterocycles. The molecular formula is C19H26N4OS. The number of guanidine groups is 1. The minimum Gasteiger partial charge on any atom is -0.439 e. The molecule has 2 heterocycles. The van der Waals surface area contributed by atoms with Crippen molar-refractivity contribution in [1.29, 1.82) is 0 Å². The average molecular weight is 359 g/mol. The van der Waals surface area contributed by atoms with Gasteiger partial charge in [-0.2, -0.15) is 11.8 Å². The minimum absolute atomic E-state index is 0.305. The monoisotopic (exact) mass is 358 g/mol. The van der Waals surface area contributed by atoms with Crippen LogP contribution in [0.3, 0.4) is 0 Å². The summed E-state index contributed by atoms with van der Waals surface area (Å²) in [5, 5.41) is 6.69. The highest BCUT2D eigenvalue weighted by atomic mass is 32.2. The van der Waals surface area contributed by atoms with Crippen LogP contribution < -0.4 is 10.6 Å². The number of oxazole rings is 1. The molecule has 1 atom stereocenters. The smallest absolute Gasteiger partial charge is 0.214 e. The molecule has 1 aromatic carbocycles. The predicted molar refractivity (Wildman–Crippen MR) is 105 cm³/mol. The maximum absolute atomic E-state index is 5.84. The molecule has 0 bridgehead atoms. The van der Waals surface area contributed by atoms with Crippen molar-refractivity contribution in [2.24, 2.45) is 4.99 Å². The number of aryl methyl sites for hydroxylation is 1. The van der Waals surface area contributed by atoms with Gasteiger partial charge in [0.05, 0.1) is 12.7 Å². The molecule has 6 heteroatoms. The molecular weight excluding hydrogens is 332 g/mol. The predicted octanol–water partition coefficient (Wildman–Crippen LogP) is 3.60. The van der Waals surface area contributed by atoms with E-state index in [4.69, 9.17) is 4.42 Å². The van der Waals surface area contributed by atoms with Crippen molar-refractivity contribution in [1.82, 2.24) is 15.6 Å². The molecule has 25 heavy (non-hydrogen) atoms. The van der Waals surface area contributed by atoms with Crippen molar-refractivity contribution in [3.05, 3.63) is 41.9 Å². The Balaban J connectivity index is 1.53. The van der Waals surface area contributed by atoms with Crippen LogP contribution in [0.1, 0.15) is 31.2 Å². The van der Waals surface area contributed by atoms with E-state index in [0.717, 1.165) is 23.8 Å². The summed E-state index contributed by atoms with van der Waals surface area (Å²) in [7, 11) is 1.78. The zero-order chi connectivity index (χ0) is 17.7. The molecule has 2 aromatic rings. The van der Waals surface area contributed by atoms with Crippen molar-refractivity contribution in [2.45, 2.75) is 38.0 Å². The summed E-state index contributed by atoms with van der Waals surface area (Å²) in [5.41, 5.74) is 2.27. The number of nitrogens with one attached hydrogen (secondary N) is 2. The van der Waals surface area contributed by atoms with E-state index >= 15 is 0 Å². The number of nitrogens with zero attached hydrogens (tertiary/aromatic N) is 2. The molecule has 1 aliphatic rings. The normalized spacial score (nSPS) is 20.7. The molecule has 134 valence electrons. The Kier molecular flexibility index (Phi) is 5.68. The van der Waals surface area contributed by atoms with Gasteiger partial charge in [0.25, 0.3) is 0 Å². The van der Waals surface area contributed by atoms with Gasteiger partial charge in [-0.1, -0.05) is 29.8 Å². The lowest BCUT2D eigenvalue weighted by molar-refractivity contribution is 0.496. The fraction of sp³-hybridized carbons (Fsp3) is 0.474. The highest BCUT2D eigenvalue weighted by molar-refractivity contribution is 8.00. The summed E-state index contributed by atoms with van der Waals surface area (Å²) in [6.45, 7) is 5.81. The number of rotatable bonds is 5. The van der Waals surface area contributed by atoms with Crippen LogP contribution in [0.4, 0.5) is 0 Å². The van der Waals surface area contributed by atoms with E-state index in [1.165, 1.54) is 24.2 Å². The van der Waals surface area contributed by atoms with Crippen LogP contribution in [-0.2, 0) is 6.54 Å². The topological polar surface area (TPSA) is 62.5 Å². The number of thioether (sulfide) groups is 1. The summed E-state index contributed by atoms with van der Waals surface area (Å²) in [5.74, 6) is 3.47. The molecule has 1 fully saturated rings. The van der Waals surface area contributed by atoms with Crippen LogP contribution in [-0.4, -0.2) is 35.0 Å².